The Labute approximate surface area is 132 Å². The lowest BCUT2D eigenvalue weighted by molar-refractivity contribution is 0.0587. The highest BCUT2D eigenvalue weighted by molar-refractivity contribution is 6.34. The predicted octanol–water partition coefficient (Wildman–Crippen LogP) is 2.61. The molecular weight excluding hydrogens is 304 g/mol. The summed E-state index contributed by atoms with van der Waals surface area (Å²) < 4.78 is 4.67. The van der Waals surface area contributed by atoms with Crippen LogP contribution in [0.15, 0.2) is 18.2 Å². The van der Waals surface area contributed by atoms with Gasteiger partial charge in [-0.25, -0.2) is 14.8 Å². The summed E-state index contributed by atoms with van der Waals surface area (Å²) in [6, 6.07) is 6.06. The molecule has 1 aromatic carbocycles. The number of aromatic nitrogens is 3. The number of carbonyl (C=O) groups excluding carboxylic acids is 1. The minimum Gasteiger partial charge on any atom is -0.463 e. The van der Waals surface area contributed by atoms with Crippen molar-refractivity contribution in [2.75, 3.05) is 21.2 Å². The van der Waals surface area contributed by atoms with Crippen LogP contribution in [-0.2, 0) is 11.3 Å². The zero-order valence-corrected chi connectivity index (χ0v) is 13.2. The molecule has 7 heteroatoms. The Kier molecular flexibility index (Phi) is 3.72. The van der Waals surface area contributed by atoms with Gasteiger partial charge in [-0.05, 0) is 31.8 Å². The largest absolute Gasteiger partial charge is 0.463 e. The van der Waals surface area contributed by atoms with Crippen molar-refractivity contribution in [3.63, 3.8) is 0 Å². The van der Waals surface area contributed by atoms with Gasteiger partial charge in [0.1, 0.15) is 11.0 Å². The van der Waals surface area contributed by atoms with Crippen LogP contribution in [0, 0.1) is 0 Å². The molecule has 0 spiro atoms. The van der Waals surface area contributed by atoms with Gasteiger partial charge >= 0.3 is 5.97 Å². The van der Waals surface area contributed by atoms with Crippen LogP contribution in [0.3, 0.4) is 0 Å². The molecule has 0 amide bonds. The number of methoxy groups -OCH3 is 1. The van der Waals surface area contributed by atoms with E-state index in [1.54, 1.807) is 0 Å². The maximum Gasteiger partial charge on any atom is 0.376 e. The van der Waals surface area contributed by atoms with Crippen molar-refractivity contribution in [2.24, 2.45) is 0 Å². The number of esters is 1. The first-order valence-corrected chi connectivity index (χ1v) is 7.08. The van der Waals surface area contributed by atoms with Gasteiger partial charge in [0.05, 0.1) is 7.11 Å². The molecule has 2 aromatic heterocycles. The minimum atomic E-state index is -0.609. The van der Waals surface area contributed by atoms with Gasteiger partial charge in [-0.3, -0.25) is 0 Å². The summed E-state index contributed by atoms with van der Waals surface area (Å²) in [6.45, 7) is 0.811. The molecule has 2 heterocycles. The van der Waals surface area contributed by atoms with E-state index in [0.717, 1.165) is 23.0 Å². The van der Waals surface area contributed by atoms with Crippen LogP contribution < -0.4 is 0 Å². The summed E-state index contributed by atoms with van der Waals surface area (Å²) in [5, 5.41) is 1.11. The molecule has 0 aliphatic heterocycles. The van der Waals surface area contributed by atoms with Crippen molar-refractivity contribution in [2.45, 2.75) is 6.54 Å². The first-order chi connectivity index (χ1) is 10.5. The van der Waals surface area contributed by atoms with Crippen LogP contribution in [0.25, 0.3) is 21.9 Å². The summed E-state index contributed by atoms with van der Waals surface area (Å²) in [6.07, 6.45) is 0. The number of hydrogen-bond donors (Lipinski definition) is 1. The van der Waals surface area contributed by atoms with Gasteiger partial charge in [-0.2, -0.15) is 0 Å². The molecule has 22 heavy (non-hydrogen) atoms. The second-order valence-corrected chi connectivity index (χ2v) is 5.65. The van der Waals surface area contributed by atoms with Crippen LogP contribution >= 0.6 is 11.6 Å². The van der Waals surface area contributed by atoms with E-state index in [0.29, 0.717) is 11.0 Å². The Balaban J connectivity index is 2.25. The molecule has 1 N–H and O–H groups in total. The number of benzene rings is 1. The van der Waals surface area contributed by atoms with E-state index in [2.05, 4.69) is 24.6 Å². The number of nitrogens with one attached hydrogen (secondary N) is 1. The quantitative estimate of drug-likeness (QED) is 0.593. The van der Waals surface area contributed by atoms with Crippen LogP contribution in [0.1, 0.15) is 16.2 Å². The van der Waals surface area contributed by atoms with Gasteiger partial charge in [0, 0.05) is 17.4 Å². The van der Waals surface area contributed by atoms with Crippen LogP contribution in [-0.4, -0.2) is 47.0 Å². The van der Waals surface area contributed by atoms with E-state index in [4.69, 9.17) is 11.6 Å². The number of halogens is 1. The second-order valence-electron chi connectivity index (χ2n) is 5.30. The third-order valence-electron chi connectivity index (χ3n) is 3.33. The van der Waals surface area contributed by atoms with Gasteiger partial charge in [0.15, 0.2) is 5.15 Å². The van der Waals surface area contributed by atoms with E-state index in [1.807, 2.05) is 32.3 Å². The molecular formula is C15H15ClN4O2. The molecule has 0 aliphatic rings. The predicted molar refractivity (Wildman–Crippen MR) is 85.1 cm³/mol. The summed E-state index contributed by atoms with van der Waals surface area (Å²) in [4.78, 5) is 25.2. The fourth-order valence-electron chi connectivity index (χ4n) is 2.42. The smallest absolute Gasteiger partial charge is 0.376 e. The Hall–Kier alpha value is -2.18. The number of H-pyrrole nitrogens is 1. The van der Waals surface area contributed by atoms with Crippen molar-refractivity contribution >= 4 is 39.5 Å². The molecule has 114 valence electrons. The van der Waals surface area contributed by atoms with Crippen molar-refractivity contribution in [3.8, 4) is 0 Å². The molecule has 0 saturated heterocycles. The highest BCUT2D eigenvalue weighted by atomic mass is 35.5. The lowest BCUT2D eigenvalue weighted by Gasteiger charge is -2.09. The van der Waals surface area contributed by atoms with Crippen LogP contribution in [0.5, 0.6) is 0 Å². The molecule has 0 atom stereocenters. The van der Waals surface area contributed by atoms with Crippen molar-refractivity contribution in [1.29, 1.82) is 0 Å². The van der Waals surface area contributed by atoms with Crippen molar-refractivity contribution in [1.82, 2.24) is 19.9 Å². The van der Waals surface area contributed by atoms with Crippen LogP contribution in [0.2, 0.25) is 5.15 Å². The molecule has 0 radical (unpaired) electrons. The maximum absolute atomic E-state index is 11.7. The highest BCUT2D eigenvalue weighted by Gasteiger charge is 2.17. The third kappa shape index (κ3) is 2.51. The van der Waals surface area contributed by atoms with Crippen LogP contribution in [0.4, 0.5) is 0 Å². The lowest BCUT2D eigenvalue weighted by atomic mass is 10.1. The molecule has 0 unspecified atom stereocenters. The summed E-state index contributed by atoms with van der Waals surface area (Å²) in [5.41, 5.74) is 3.28. The zero-order valence-electron chi connectivity index (χ0n) is 12.5. The monoisotopic (exact) mass is 318 g/mol. The fourth-order valence-corrected chi connectivity index (χ4v) is 2.63. The molecule has 6 nitrogen and oxygen atoms in total. The zero-order chi connectivity index (χ0) is 15.9. The average molecular weight is 319 g/mol. The Morgan fingerprint density at radius 2 is 2.14 bits per heavy atom. The number of ether oxygens (including phenoxy) is 1. The number of carbonyl (C=O) groups is 1. The van der Waals surface area contributed by atoms with Gasteiger partial charge < -0.3 is 14.6 Å². The Bertz CT molecular complexity index is 873. The average Bonchev–Trinajstić information content (AvgIpc) is 2.84. The Morgan fingerprint density at radius 3 is 2.82 bits per heavy atom. The van der Waals surface area contributed by atoms with E-state index in [-0.39, 0.29) is 11.0 Å². The van der Waals surface area contributed by atoms with Gasteiger partial charge in [-0.15, -0.1) is 0 Å². The normalized spacial score (nSPS) is 11.5. The van der Waals surface area contributed by atoms with Gasteiger partial charge in [0.2, 0.25) is 5.82 Å². The summed E-state index contributed by atoms with van der Waals surface area (Å²) in [7, 11) is 5.30. The third-order valence-corrected chi connectivity index (χ3v) is 3.60. The number of fused-ring (bicyclic) bond motifs is 3. The van der Waals surface area contributed by atoms with E-state index in [9.17, 15) is 4.79 Å². The van der Waals surface area contributed by atoms with Gasteiger partial charge in [-0.1, -0.05) is 17.7 Å². The highest BCUT2D eigenvalue weighted by Crippen LogP contribution is 2.29. The topological polar surface area (TPSA) is 71.1 Å². The summed E-state index contributed by atoms with van der Waals surface area (Å²) in [5.74, 6) is -0.651. The van der Waals surface area contributed by atoms with E-state index >= 15 is 0 Å². The molecule has 0 saturated carbocycles. The van der Waals surface area contributed by atoms with Crippen molar-refractivity contribution in [3.05, 3.63) is 34.7 Å². The molecule has 3 aromatic rings. The van der Waals surface area contributed by atoms with E-state index in [1.165, 1.54) is 7.11 Å². The summed E-state index contributed by atoms with van der Waals surface area (Å²) >= 11 is 6.16. The first-order valence-electron chi connectivity index (χ1n) is 6.70. The fraction of sp³-hybridized carbons (Fsp3) is 0.267. The van der Waals surface area contributed by atoms with Crippen molar-refractivity contribution < 1.29 is 9.53 Å². The van der Waals surface area contributed by atoms with Gasteiger partial charge in [0.25, 0.3) is 0 Å². The number of hydrogen-bond acceptors (Lipinski definition) is 5. The number of aromatic amines is 1. The SMILES string of the molecule is COC(=O)c1nc(Cl)c2[nH]c3ccc(CN(C)C)cc3c2n1. The standard InChI is InChI=1S/C15H15ClN4O2/c1-20(2)7-8-4-5-10-9(6-8)11-12(17-10)13(16)19-14(18-11)15(21)22-3/h4-6,17H,7H2,1-3H3. The maximum atomic E-state index is 11.7. The molecule has 0 fully saturated rings. The molecule has 3 rings (SSSR count). The first kappa shape index (κ1) is 14.7. The Morgan fingerprint density at radius 1 is 1.36 bits per heavy atom. The number of rotatable bonds is 3. The number of nitrogens with zero attached hydrogens (tertiary/aromatic N) is 3. The molecule has 0 bridgehead atoms. The molecule has 0 aliphatic carbocycles. The second kappa shape index (κ2) is 5.55. The van der Waals surface area contributed by atoms with E-state index < -0.39 is 5.97 Å². The lowest BCUT2D eigenvalue weighted by Crippen LogP contribution is -2.10. The minimum absolute atomic E-state index is 0.0427.